The van der Waals surface area contributed by atoms with Gasteiger partial charge in [0, 0.05) is 0 Å². The van der Waals surface area contributed by atoms with Crippen molar-refractivity contribution in [2.24, 2.45) is 0 Å². The molecule has 0 unspecified atom stereocenters. The average Bonchev–Trinajstić information content (AvgIpc) is 2.41. The van der Waals surface area contributed by atoms with E-state index in [9.17, 15) is 10.2 Å². The van der Waals surface area contributed by atoms with Crippen molar-refractivity contribution in [3.05, 3.63) is 24.0 Å². The third-order valence-corrected chi connectivity index (χ3v) is 1.90. The maximum Gasteiger partial charge on any atom is 0.179 e. The van der Waals surface area contributed by atoms with Gasteiger partial charge >= 0.3 is 0 Å². The maximum absolute atomic E-state index is 9.47. The molecule has 0 atom stereocenters. The normalized spacial score (nSPS) is 10.8. The molecule has 2 N–H and O–H groups in total. The molecule has 0 aliphatic heterocycles. The number of phenolic OH excluding ortho intramolecular Hbond substituents is 1. The Morgan fingerprint density at radius 2 is 2.00 bits per heavy atom. The van der Waals surface area contributed by atoms with Crippen molar-refractivity contribution >= 4 is 11.0 Å². The van der Waals surface area contributed by atoms with E-state index >= 15 is 0 Å². The van der Waals surface area contributed by atoms with Crippen LogP contribution in [0.15, 0.2) is 22.8 Å². The van der Waals surface area contributed by atoms with Crippen molar-refractivity contribution in [2.45, 2.75) is 6.92 Å². The van der Waals surface area contributed by atoms with Crippen LogP contribution in [0.2, 0.25) is 0 Å². The number of fused-ring (bicyclic) bond motifs is 1. The van der Waals surface area contributed by atoms with Crippen molar-refractivity contribution in [3.8, 4) is 11.5 Å². The number of rotatable bonds is 0. The van der Waals surface area contributed by atoms with Crippen LogP contribution in [-0.4, -0.2) is 10.2 Å². The summed E-state index contributed by atoms with van der Waals surface area (Å²) in [6.07, 6.45) is 1.21. The van der Waals surface area contributed by atoms with Crippen LogP contribution in [0.3, 0.4) is 0 Å². The molecule has 1 aromatic carbocycles. The standard InChI is InChI=1S/C9H8O3/c1-5-2-3-6-7(10)4-12-9(6)8(5)11/h2-4,10-11H,1H3. The second kappa shape index (κ2) is 2.17. The van der Waals surface area contributed by atoms with Crippen LogP contribution in [0, 0.1) is 6.92 Å². The topological polar surface area (TPSA) is 53.6 Å². The molecule has 0 saturated carbocycles. The zero-order chi connectivity index (χ0) is 8.72. The number of hydrogen-bond donors (Lipinski definition) is 2. The minimum atomic E-state index is 0.0558. The molecule has 1 heterocycles. The molecular weight excluding hydrogens is 156 g/mol. The summed E-state index contributed by atoms with van der Waals surface area (Å²) in [5.41, 5.74) is 1.07. The van der Waals surface area contributed by atoms with Gasteiger partial charge in [0.1, 0.15) is 6.26 Å². The van der Waals surface area contributed by atoms with Crippen molar-refractivity contribution in [1.82, 2.24) is 0 Å². The molecule has 0 radical (unpaired) electrons. The fraction of sp³-hybridized carbons (Fsp3) is 0.111. The summed E-state index contributed by atoms with van der Waals surface area (Å²) in [4.78, 5) is 0. The van der Waals surface area contributed by atoms with Gasteiger partial charge in [0.2, 0.25) is 0 Å². The van der Waals surface area contributed by atoms with Crippen LogP contribution in [0.4, 0.5) is 0 Å². The number of hydrogen-bond acceptors (Lipinski definition) is 3. The molecule has 0 fully saturated rings. The molecule has 0 aliphatic carbocycles. The van der Waals surface area contributed by atoms with Gasteiger partial charge in [-0.3, -0.25) is 0 Å². The molecule has 62 valence electrons. The highest BCUT2D eigenvalue weighted by Crippen LogP contribution is 2.34. The largest absolute Gasteiger partial charge is 0.504 e. The van der Waals surface area contributed by atoms with Crippen molar-refractivity contribution in [1.29, 1.82) is 0 Å². The highest BCUT2D eigenvalue weighted by atomic mass is 16.4. The van der Waals surface area contributed by atoms with E-state index in [4.69, 9.17) is 4.42 Å². The smallest absolute Gasteiger partial charge is 0.179 e. The molecule has 0 amide bonds. The van der Waals surface area contributed by atoms with E-state index in [0.29, 0.717) is 11.0 Å². The first kappa shape index (κ1) is 7.03. The Labute approximate surface area is 68.9 Å². The molecule has 0 saturated heterocycles. The Kier molecular flexibility index (Phi) is 1.27. The van der Waals surface area contributed by atoms with Gasteiger partial charge in [0.15, 0.2) is 17.1 Å². The van der Waals surface area contributed by atoms with Crippen LogP contribution < -0.4 is 0 Å². The Balaban J connectivity index is 2.93. The average molecular weight is 164 g/mol. The first-order valence-corrected chi connectivity index (χ1v) is 3.59. The lowest BCUT2D eigenvalue weighted by Crippen LogP contribution is -1.73. The lowest BCUT2D eigenvalue weighted by molar-refractivity contribution is 0.452. The molecule has 3 nitrogen and oxygen atoms in total. The number of furan rings is 1. The fourth-order valence-electron chi connectivity index (χ4n) is 1.17. The summed E-state index contributed by atoms with van der Waals surface area (Å²) in [6, 6.07) is 3.44. The molecular formula is C9H8O3. The van der Waals surface area contributed by atoms with Gasteiger partial charge in [-0.05, 0) is 18.6 Å². The van der Waals surface area contributed by atoms with Crippen molar-refractivity contribution < 1.29 is 14.6 Å². The number of aryl methyl sites for hydroxylation is 1. The summed E-state index contributed by atoms with van der Waals surface area (Å²) in [5, 5.41) is 19.2. The molecule has 2 rings (SSSR count). The highest BCUT2D eigenvalue weighted by molar-refractivity contribution is 5.89. The molecule has 0 bridgehead atoms. The van der Waals surface area contributed by atoms with Gasteiger partial charge in [-0.1, -0.05) is 6.07 Å². The molecule has 0 spiro atoms. The number of aromatic hydroxyl groups is 2. The zero-order valence-electron chi connectivity index (χ0n) is 6.53. The fourth-order valence-corrected chi connectivity index (χ4v) is 1.17. The van der Waals surface area contributed by atoms with Crippen LogP contribution in [0.5, 0.6) is 11.5 Å². The molecule has 2 aromatic rings. The minimum Gasteiger partial charge on any atom is -0.504 e. The van der Waals surface area contributed by atoms with E-state index in [0.717, 1.165) is 5.56 Å². The maximum atomic E-state index is 9.47. The molecule has 0 aliphatic rings. The predicted octanol–water partition coefficient (Wildman–Crippen LogP) is 2.15. The Morgan fingerprint density at radius 1 is 1.25 bits per heavy atom. The first-order chi connectivity index (χ1) is 5.70. The van der Waals surface area contributed by atoms with E-state index in [1.165, 1.54) is 6.26 Å². The number of phenols is 1. The van der Waals surface area contributed by atoms with Gasteiger partial charge in [-0.15, -0.1) is 0 Å². The van der Waals surface area contributed by atoms with E-state index in [-0.39, 0.29) is 11.5 Å². The lowest BCUT2D eigenvalue weighted by atomic mass is 10.1. The summed E-state index contributed by atoms with van der Waals surface area (Å²) < 4.78 is 4.96. The van der Waals surface area contributed by atoms with Crippen LogP contribution in [-0.2, 0) is 0 Å². The van der Waals surface area contributed by atoms with E-state index in [1.807, 2.05) is 0 Å². The third-order valence-electron chi connectivity index (χ3n) is 1.90. The summed E-state index contributed by atoms with van der Waals surface area (Å²) >= 11 is 0. The van der Waals surface area contributed by atoms with Crippen molar-refractivity contribution in [3.63, 3.8) is 0 Å². The summed E-state index contributed by atoms with van der Waals surface area (Å²) in [5.74, 6) is 0.146. The van der Waals surface area contributed by atoms with Gasteiger partial charge < -0.3 is 14.6 Å². The first-order valence-electron chi connectivity index (χ1n) is 3.59. The predicted molar refractivity (Wildman–Crippen MR) is 44.3 cm³/mol. The summed E-state index contributed by atoms with van der Waals surface area (Å²) in [7, 11) is 0. The van der Waals surface area contributed by atoms with E-state index in [2.05, 4.69) is 0 Å². The second-order valence-electron chi connectivity index (χ2n) is 2.73. The summed E-state index contributed by atoms with van der Waals surface area (Å²) in [6.45, 7) is 1.77. The van der Waals surface area contributed by atoms with Crippen LogP contribution in [0.25, 0.3) is 11.0 Å². The molecule has 3 heteroatoms. The van der Waals surface area contributed by atoms with Crippen molar-refractivity contribution in [2.75, 3.05) is 0 Å². The Morgan fingerprint density at radius 3 is 2.75 bits per heavy atom. The SMILES string of the molecule is Cc1ccc2c(O)coc2c1O. The monoisotopic (exact) mass is 164 g/mol. The van der Waals surface area contributed by atoms with E-state index < -0.39 is 0 Å². The molecule has 12 heavy (non-hydrogen) atoms. The Bertz CT molecular complexity index is 429. The lowest BCUT2D eigenvalue weighted by Gasteiger charge is -1.97. The van der Waals surface area contributed by atoms with Gasteiger partial charge in [0.05, 0.1) is 5.39 Å². The quantitative estimate of drug-likeness (QED) is 0.627. The Hall–Kier alpha value is -1.64. The van der Waals surface area contributed by atoms with Crippen LogP contribution in [0.1, 0.15) is 5.56 Å². The van der Waals surface area contributed by atoms with Gasteiger partial charge in [-0.2, -0.15) is 0 Å². The van der Waals surface area contributed by atoms with E-state index in [1.54, 1.807) is 19.1 Å². The van der Waals surface area contributed by atoms with Gasteiger partial charge in [0.25, 0.3) is 0 Å². The highest BCUT2D eigenvalue weighted by Gasteiger charge is 2.09. The number of benzene rings is 1. The molecule has 1 aromatic heterocycles. The van der Waals surface area contributed by atoms with Crippen LogP contribution >= 0.6 is 0 Å². The second-order valence-corrected chi connectivity index (χ2v) is 2.73. The van der Waals surface area contributed by atoms with Gasteiger partial charge in [-0.25, -0.2) is 0 Å². The third kappa shape index (κ3) is 0.763. The zero-order valence-corrected chi connectivity index (χ0v) is 6.53. The minimum absolute atomic E-state index is 0.0558.